The van der Waals surface area contributed by atoms with E-state index in [1.165, 1.54) is 61.2 Å². The lowest BCUT2D eigenvalue weighted by Crippen LogP contribution is -2.24. The van der Waals surface area contributed by atoms with Crippen LogP contribution >= 0.6 is 44.7 Å². The molecule has 4 nitrogen and oxygen atoms in total. The summed E-state index contributed by atoms with van der Waals surface area (Å²) in [4.78, 5) is 0. The van der Waals surface area contributed by atoms with E-state index in [0.717, 1.165) is 37.6 Å². The first kappa shape index (κ1) is 33.0. The molecule has 4 unspecified atom stereocenters. The first-order chi connectivity index (χ1) is 18.1. The summed E-state index contributed by atoms with van der Waals surface area (Å²) >= 11 is 3.32. The first-order valence-electron chi connectivity index (χ1n) is 14.5. The number of rotatable bonds is 16. The van der Waals surface area contributed by atoms with Crippen molar-refractivity contribution >= 4 is 44.7 Å². The van der Waals surface area contributed by atoms with Crippen LogP contribution in [-0.2, 0) is 29.6 Å². The van der Waals surface area contributed by atoms with Gasteiger partial charge in [0.15, 0.2) is 0 Å². The molecule has 3 rings (SSSR count). The van der Waals surface area contributed by atoms with Crippen molar-refractivity contribution in [2.24, 2.45) is 11.8 Å². The Morgan fingerprint density at radius 3 is 1.42 bits per heavy atom. The average Bonchev–Trinajstić information content (AvgIpc) is 2.89. The van der Waals surface area contributed by atoms with Crippen LogP contribution in [0.1, 0.15) is 63.5 Å². The van der Waals surface area contributed by atoms with Crippen LogP contribution in [0.3, 0.4) is 0 Å². The van der Waals surface area contributed by atoms with Crippen LogP contribution in [0.4, 0.5) is 0 Å². The van der Waals surface area contributed by atoms with Gasteiger partial charge in [-0.05, 0) is 125 Å². The molecule has 0 saturated carbocycles. The molecule has 8 heteroatoms. The molecule has 222 valence electrons. The highest BCUT2D eigenvalue weighted by Crippen LogP contribution is 2.47. The van der Waals surface area contributed by atoms with Crippen LogP contribution in [0, 0.1) is 11.8 Å². The maximum atomic E-state index is 6.27. The van der Waals surface area contributed by atoms with Gasteiger partial charge in [0.05, 0.1) is 12.2 Å². The molecule has 38 heavy (non-hydrogen) atoms. The highest BCUT2D eigenvalue weighted by Gasteiger charge is 2.23. The minimum absolute atomic E-state index is 0.444. The lowest BCUT2D eigenvalue weighted by molar-refractivity contribution is -0.00562. The lowest BCUT2D eigenvalue weighted by Gasteiger charge is -2.33. The molecule has 0 spiro atoms. The zero-order valence-corrected chi connectivity index (χ0v) is 28.1. The van der Waals surface area contributed by atoms with Gasteiger partial charge < -0.3 is 9.47 Å². The molecule has 1 aromatic carbocycles. The van der Waals surface area contributed by atoms with E-state index in [1.54, 1.807) is 24.1 Å². The third-order valence-electron chi connectivity index (χ3n) is 7.67. The molecular formula is C30H54O4S4. The molecule has 2 aliphatic heterocycles. The summed E-state index contributed by atoms with van der Waals surface area (Å²) in [5.74, 6) is 5.79. The number of aryl methyl sites for hydroxylation is 2. The van der Waals surface area contributed by atoms with E-state index in [2.05, 4.69) is 63.1 Å². The van der Waals surface area contributed by atoms with Gasteiger partial charge in [0.2, 0.25) is 0 Å². The summed E-state index contributed by atoms with van der Waals surface area (Å²) in [5.41, 5.74) is 2.78. The summed E-state index contributed by atoms with van der Waals surface area (Å²) in [6, 6.07) is 9.13. The van der Waals surface area contributed by atoms with Crippen LogP contribution < -0.4 is 0 Å². The van der Waals surface area contributed by atoms with E-state index >= 15 is 0 Å². The Morgan fingerprint density at radius 1 is 0.684 bits per heavy atom. The van der Waals surface area contributed by atoms with Gasteiger partial charge in [0.1, 0.15) is 0 Å². The Bertz CT molecular complexity index is 708. The Balaban J connectivity index is 1.23. The van der Waals surface area contributed by atoms with Gasteiger partial charge in [0.25, 0.3) is 0 Å². The van der Waals surface area contributed by atoms with E-state index in [1.807, 2.05) is 0 Å². The Morgan fingerprint density at radius 2 is 1.08 bits per heavy atom. The molecule has 1 aromatic rings. The van der Waals surface area contributed by atoms with Crippen molar-refractivity contribution < 1.29 is 16.7 Å². The van der Waals surface area contributed by atoms with E-state index in [0.29, 0.717) is 24.0 Å². The standard InChI is InChI=1S/C30H54O4S4/c1-25-7-9-29(23-31-25)17-21-37(3,4)33-35-19-15-27-11-13-28(14-12-27)16-20-36-34-38(5,6)22-18-30-10-8-26(2)32-24-30/h11-14,25-26,29-30H,7-10,15-24H2,1-6H3. The monoisotopic (exact) mass is 606 g/mol. The normalized spacial score (nSPS) is 25.8. The predicted octanol–water partition coefficient (Wildman–Crippen LogP) is 8.47. The molecule has 2 saturated heterocycles. The summed E-state index contributed by atoms with van der Waals surface area (Å²) in [7, 11) is -2.00. The Kier molecular flexibility index (Phi) is 14.6. The molecule has 0 amide bonds. The van der Waals surface area contributed by atoms with Crippen LogP contribution in [0.2, 0.25) is 0 Å². The van der Waals surface area contributed by atoms with Crippen LogP contribution in [-0.4, -0.2) is 73.5 Å². The van der Waals surface area contributed by atoms with Crippen molar-refractivity contribution in [1.29, 1.82) is 0 Å². The predicted molar refractivity (Wildman–Crippen MR) is 175 cm³/mol. The van der Waals surface area contributed by atoms with Crippen molar-refractivity contribution in [3.8, 4) is 0 Å². The summed E-state index contributed by atoms with van der Waals surface area (Å²) in [6.07, 6.45) is 19.7. The summed E-state index contributed by atoms with van der Waals surface area (Å²) < 4.78 is 24.2. The van der Waals surface area contributed by atoms with E-state index in [-0.39, 0.29) is 0 Å². The fourth-order valence-corrected chi connectivity index (χ4v) is 10.4. The van der Waals surface area contributed by atoms with E-state index in [4.69, 9.17) is 16.7 Å². The average molecular weight is 607 g/mol. The van der Waals surface area contributed by atoms with Gasteiger partial charge in [-0.25, -0.2) is 0 Å². The fraction of sp³-hybridized carbons (Fsp3) is 0.800. The molecule has 2 fully saturated rings. The van der Waals surface area contributed by atoms with Crippen molar-refractivity contribution in [2.45, 2.75) is 77.4 Å². The molecule has 0 N–H and O–H groups in total. The Labute approximate surface area is 246 Å². The zero-order chi connectivity index (χ0) is 27.4. The second-order valence-electron chi connectivity index (χ2n) is 12.1. The molecule has 4 atom stereocenters. The van der Waals surface area contributed by atoms with Gasteiger partial charge in [-0.2, -0.15) is 0 Å². The van der Waals surface area contributed by atoms with Crippen LogP contribution in [0.25, 0.3) is 0 Å². The van der Waals surface area contributed by atoms with Crippen molar-refractivity contribution in [3.05, 3.63) is 35.4 Å². The third-order valence-corrected chi connectivity index (χ3v) is 14.6. The topological polar surface area (TPSA) is 36.9 Å². The molecule has 0 aliphatic carbocycles. The largest absolute Gasteiger partial charge is 0.378 e. The highest BCUT2D eigenvalue weighted by molar-refractivity contribution is 8.33. The first-order valence-corrected chi connectivity index (χ1v) is 21.4. The number of hydrogen-bond acceptors (Lipinski definition) is 6. The highest BCUT2D eigenvalue weighted by atomic mass is 32.3. The van der Waals surface area contributed by atoms with Gasteiger partial charge >= 0.3 is 0 Å². The second kappa shape index (κ2) is 16.8. The lowest BCUT2D eigenvalue weighted by atomic mass is 9.97. The number of benzene rings is 1. The third kappa shape index (κ3) is 13.4. The second-order valence-corrected chi connectivity index (χ2v) is 21.1. The minimum Gasteiger partial charge on any atom is -0.378 e. The Hall–Kier alpha value is 0.460. The molecule has 2 heterocycles. The molecule has 0 bridgehead atoms. The minimum atomic E-state index is -1.00. The molecule has 0 aromatic heterocycles. The van der Waals surface area contributed by atoms with Crippen molar-refractivity contribution in [2.75, 3.05) is 61.2 Å². The fourth-order valence-electron chi connectivity index (χ4n) is 4.82. The van der Waals surface area contributed by atoms with Crippen LogP contribution in [0.5, 0.6) is 0 Å². The molecule has 2 aliphatic rings. The zero-order valence-electron chi connectivity index (χ0n) is 24.8. The van der Waals surface area contributed by atoms with Gasteiger partial charge in [-0.15, -0.1) is 20.6 Å². The van der Waals surface area contributed by atoms with E-state index in [9.17, 15) is 0 Å². The van der Waals surface area contributed by atoms with E-state index < -0.39 is 20.6 Å². The summed E-state index contributed by atoms with van der Waals surface area (Å²) in [6.45, 7) is 6.24. The molecule has 0 radical (unpaired) electrons. The van der Waals surface area contributed by atoms with Gasteiger partial charge in [-0.3, -0.25) is 7.26 Å². The van der Waals surface area contributed by atoms with Crippen LogP contribution in [0.15, 0.2) is 24.3 Å². The van der Waals surface area contributed by atoms with Gasteiger partial charge in [-0.1, -0.05) is 24.3 Å². The SMILES string of the molecule is CC1CCC(CCS(C)(C)OSCCc2ccc(CCSOS(C)(C)CCC3CCC(C)OC3)cc2)CO1. The quantitative estimate of drug-likeness (QED) is 0.139. The maximum absolute atomic E-state index is 6.27. The summed E-state index contributed by atoms with van der Waals surface area (Å²) in [5, 5.41) is 0. The van der Waals surface area contributed by atoms with Crippen molar-refractivity contribution in [3.63, 3.8) is 0 Å². The van der Waals surface area contributed by atoms with Gasteiger partial charge in [0, 0.05) is 48.8 Å². The van der Waals surface area contributed by atoms with Crippen molar-refractivity contribution in [1.82, 2.24) is 0 Å². The number of ether oxygens (including phenoxy) is 2. The number of hydrogen-bond donors (Lipinski definition) is 0. The molecular weight excluding hydrogens is 553 g/mol. The smallest absolute Gasteiger partial charge is 0.0547 e. The maximum Gasteiger partial charge on any atom is 0.0547 e.